The third-order valence-corrected chi connectivity index (χ3v) is 2.05. The molecule has 0 aliphatic rings. The van der Waals surface area contributed by atoms with Crippen LogP contribution in [-0.2, 0) is 6.42 Å². The van der Waals surface area contributed by atoms with Gasteiger partial charge in [-0.05, 0) is 11.6 Å². The molecular weight excluding hydrogens is 198 g/mol. The summed E-state index contributed by atoms with van der Waals surface area (Å²) in [6.07, 6.45) is -4.48. The van der Waals surface area contributed by atoms with Gasteiger partial charge < -0.3 is 5.11 Å². The Bertz CT molecular complexity index is 278. The standard InChI is InChI=1S/C9H9ClF2O/c10-7-4-2-1-3-6(7)5-8(13)9(11)12/h1-4,8-9,13H,5H2. The van der Waals surface area contributed by atoms with Gasteiger partial charge in [0.15, 0.2) is 0 Å². The Morgan fingerprint density at radius 3 is 2.46 bits per heavy atom. The maximum absolute atomic E-state index is 12.0. The van der Waals surface area contributed by atoms with Gasteiger partial charge in [-0.2, -0.15) is 0 Å². The van der Waals surface area contributed by atoms with Crippen molar-refractivity contribution in [2.24, 2.45) is 0 Å². The number of hydrogen-bond donors (Lipinski definition) is 1. The Morgan fingerprint density at radius 2 is 1.92 bits per heavy atom. The van der Waals surface area contributed by atoms with E-state index in [0.29, 0.717) is 10.6 Å². The maximum atomic E-state index is 12.0. The van der Waals surface area contributed by atoms with E-state index in [1.165, 1.54) is 0 Å². The first-order valence-electron chi connectivity index (χ1n) is 3.81. The molecule has 4 heteroatoms. The summed E-state index contributed by atoms with van der Waals surface area (Å²) in [7, 11) is 0. The van der Waals surface area contributed by atoms with E-state index >= 15 is 0 Å². The van der Waals surface area contributed by atoms with E-state index in [4.69, 9.17) is 16.7 Å². The average Bonchev–Trinajstić information content (AvgIpc) is 2.08. The number of benzene rings is 1. The van der Waals surface area contributed by atoms with Crippen LogP contribution in [0.3, 0.4) is 0 Å². The monoisotopic (exact) mass is 206 g/mol. The summed E-state index contributed by atoms with van der Waals surface area (Å²) in [4.78, 5) is 0. The molecule has 0 aliphatic carbocycles. The molecule has 0 amide bonds. The zero-order chi connectivity index (χ0) is 9.84. The molecule has 1 rings (SSSR count). The lowest BCUT2D eigenvalue weighted by atomic mass is 10.1. The molecular formula is C9H9ClF2O. The molecule has 0 bridgehead atoms. The van der Waals surface area contributed by atoms with Gasteiger partial charge in [0.05, 0.1) is 0 Å². The number of aliphatic hydroxyl groups excluding tert-OH is 1. The van der Waals surface area contributed by atoms with Crippen LogP contribution in [-0.4, -0.2) is 17.6 Å². The first-order chi connectivity index (χ1) is 6.11. The summed E-state index contributed by atoms with van der Waals surface area (Å²) in [5.41, 5.74) is 0.539. The molecule has 1 aromatic rings. The molecule has 0 fully saturated rings. The molecule has 72 valence electrons. The van der Waals surface area contributed by atoms with Crippen LogP contribution < -0.4 is 0 Å². The van der Waals surface area contributed by atoms with Crippen molar-refractivity contribution in [2.75, 3.05) is 0 Å². The maximum Gasteiger partial charge on any atom is 0.264 e. The highest BCUT2D eigenvalue weighted by atomic mass is 35.5. The van der Waals surface area contributed by atoms with Crippen LogP contribution >= 0.6 is 11.6 Å². The minimum absolute atomic E-state index is 0.114. The Balaban J connectivity index is 2.69. The number of halogens is 3. The summed E-state index contributed by atoms with van der Waals surface area (Å²) >= 11 is 5.72. The summed E-state index contributed by atoms with van der Waals surface area (Å²) in [5.74, 6) is 0. The third-order valence-electron chi connectivity index (χ3n) is 1.68. The zero-order valence-electron chi connectivity index (χ0n) is 6.75. The van der Waals surface area contributed by atoms with Crippen LogP contribution in [0.5, 0.6) is 0 Å². The van der Waals surface area contributed by atoms with Crippen molar-refractivity contribution in [3.8, 4) is 0 Å². The fourth-order valence-electron chi connectivity index (χ4n) is 0.978. The molecule has 0 saturated heterocycles. The molecule has 1 nitrogen and oxygen atoms in total. The van der Waals surface area contributed by atoms with Crippen LogP contribution in [0.15, 0.2) is 24.3 Å². The van der Waals surface area contributed by atoms with E-state index in [0.717, 1.165) is 0 Å². The zero-order valence-corrected chi connectivity index (χ0v) is 7.51. The number of aliphatic hydroxyl groups is 1. The summed E-state index contributed by atoms with van der Waals surface area (Å²) in [6.45, 7) is 0. The highest BCUT2D eigenvalue weighted by Crippen LogP contribution is 2.18. The van der Waals surface area contributed by atoms with Gasteiger partial charge >= 0.3 is 0 Å². The molecule has 0 aliphatic heterocycles. The Labute approximate surface area is 80.0 Å². The molecule has 1 N–H and O–H groups in total. The molecule has 1 unspecified atom stereocenters. The van der Waals surface area contributed by atoms with Gasteiger partial charge in [0.2, 0.25) is 0 Å². The SMILES string of the molecule is OC(Cc1ccccc1Cl)C(F)F. The summed E-state index contributed by atoms with van der Waals surface area (Å²) < 4.78 is 23.9. The van der Waals surface area contributed by atoms with Crippen molar-refractivity contribution >= 4 is 11.6 Å². The fourth-order valence-corrected chi connectivity index (χ4v) is 1.19. The quantitative estimate of drug-likeness (QED) is 0.806. The molecule has 0 aromatic heterocycles. The van der Waals surface area contributed by atoms with E-state index in [1.807, 2.05) is 0 Å². The minimum atomic E-state index is -2.73. The van der Waals surface area contributed by atoms with E-state index in [9.17, 15) is 8.78 Å². The predicted molar refractivity (Wildman–Crippen MR) is 47.2 cm³/mol. The summed E-state index contributed by atoms with van der Waals surface area (Å²) in [6, 6.07) is 6.63. The normalized spacial score (nSPS) is 13.3. The van der Waals surface area contributed by atoms with Crippen LogP contribution in [0.1, 0.15) is 5.56 Å². The van der Waals surface area contributed by atoms with Crippen molar-refractivity contribution in [1.82, 2.24) is 0 Å². The predicted octanol–water partition coefficient (Wildman–Crippen LogP) is 2.51. The lowest BCUT2D eigenvalue weighted by Gasteiger charge is -2.09. The lowest BCUT2D eigenvalue weighted by Crippen LogP contribution is -2.20. The molecule has 0 saturated carbocycles. The smallest absolute Gasteiger partial charge is 0.264 e. The van der Waals surface area contributed by atoms with E-state index in [-0.39, 0.29) is 6.42 Å². The first kappa shape index (κ1) is 10.4. The highest BCUT2D eigenvalue weighted by Gasteiger charge is 2.17. The molecule has 0 heterocycles. The van der Waals surface area contributed by atoms with Gasteiger partial charge in [-0.25, -0.2) is 8.78 Å². The van der Waals surface area contributed by atoms with Gasteiger partial charge in [0, 0.05) is 11.4 Å². The van der Waals surface area contributed by atoms with Crippen LogP contribution in [0.4, 0.5) is 8.78 Å². The lowest BCUT2D eigenvalue weighted by molar-refractivity contribution is -0.00364. The third kappa shape index (κ3) is 2.94. The Kier molecular flexibility index (Phi) is 3.63. The van der Waals surface area contributed by atoms with Crippen molar-refractivity contribution < 1.29 is 13.9 Å². The van der Waals surface area contributed by atoms with Crippen LogP contribution in [0.25, 0.3) is 0 Å². The van der Waals surface area contributed by atoms with Crippen molar-refractivity contribution in [2.45, 2.75) is 19.0 Å². The average molecular weight is 207 g/mol. The van der Waals surface area contributed by atoms with Gasteiger partial charge in [-0.1, -0.05) is 29.8 Å². The molecule has 1 atom stereocenters. The van der Waals surface area contributed by atoms with Crippen LogP contribution in [0.2, 0.25) is 5.02 Å². The second-order valence-electron chi connectivity index (χ2n) is 2.70. The van der Waals surface area contributed by atoms with Gasteiger partial charge in [0.25, 0.3) is 6.43 Å². The van der Waals surface area contributed by atoms with Crippen molar-refractivity contribution in [3.63, 3.8) is 0 Å². The molecule has 0 radical (unpaired) electrons. The Morgan fingerprint density at radius 1 is 1.31 bits per heavy atom. The Hall–Kier alpha value is -0.670. The number of alkyl halides is 2. The van der Waals surface area contributed by atoms with Gasteiger partial charge in [-0.15, -0.1) is 0 Å². The highest BCUT2D eigenvalue weighted by molar-refractivity contribution is 6.31. The second kappa shape index (κ2) is 4.53. The molecule has 13 heavy (non-hydrogen) atoms. The topological polar surface area (TPSA) is 20.2 Å². The van der Waals surface area contributed by atoms with Gasteiger partial charge in [-0.3, -0.25) is 0 Å². The van der Waals surface area contributed by atoms with E-state index in [1.54, 1.807) is 24.3 Å². The van der Waals surface area contributed by atoms with Crippen molar-refractivity contribution in [1.29, 1.82) is 0 Å². The minimum Gasteiger partial charge on any atom is -0.387 e. The number of hydrogen-bond acceptors (Lipinski definition) is 1. The fraction of sp³-hybridized carbons (Fsp3) is 0.333. The van der Waals surface area contributed by atoms with E-state index in [2.05, 4.69) is 0 Å². The second-order valence-corrected chi connectivity index (χ2v) is 3.10. The van der Waals surface area contributed by atoms with Crippen molar-refractivity contribution in [3.05, 3.63) is 34.9 Å². The molecule has 1 aromatic carbocycles. The van der Waals surface area contributed by atoms with Crippen LogP contribution in [0, 0.1) is 0 Å². The van der Waals surface area contributed by atoms with Gasteiger partial charge in [0.1, 0.15) is 6.10 Å². The summed E-state index contributed by atoms with van der Waals surface area (Å²) in [5, 5.41) is 9.30. The largest absolute Gasteiger partial charge is 0.387 e. The molecule has 0 spiro atoms. The first-order valence-corrected chi connectivity index (χ1v) is 4.18. The van der Waals surface area contributed by atoms with E-state index < -0.39 is 12.5 Å². The number of rotatable bonds is 3.